The normalized spacial score (nSPS) is 14.2. The van der Waals surface area contributed by atoms with E-state index in [2.05, 4.69) is 5.32 Å². The van der Waals surface area contributed by atoms with Crippen LogP contribution in [0.3, 0.4) is 0 Å². The van der Waals surface area contributed by atoms with E-state index in [0.717, 1.165) is 12.1 Å². The Kier molecular flexibility index (Phi) is 6.28. The first-order valence-corrected chi connectivity index (χ1v) is 7.08. The van der Waals surface area contributed by atoms with Gasteiger partial charge in [0.25, 0.3) is 0 Å². The second-order valence-electron chi connectivity index (χ2n) is 6.12. The Morgan fingerprint density at radius 2 is 1.87 bits per heavy atom. The Hall–Kier alpha value is -1.93. The Morgan fingerprint density at radius 3 is 2.43 bits per heavy atom. The van der Waals surface area contributed by atoms with Crippen LogP contribution < -0.4 is 11.1 Å². The third-order valence-electron chi connectivity index (χ3n) is 2.92. The molecule has 8 heteroatoms. The van der Waals surface area contributed by atoms with Crippen molar-refractivity contribution in [2.45, 2.75) is 45.0 Å². The predicted molar refractivity (Wildman–Crippen MR) is 80.6 cm³/mol. The van der Waals surface area contributed by atoms with Crippen LogP contribution in [0.15, 0.2) is 12.1 Å². The SMILES string of the molecule is CC(C)(C)OC(=O)NCCC(O)C(O)c1cc(F)c(F)cc1N. The van der Waals surface area contributed by atoms with Gasteiger partial charge in [-0.3, -0.25) is 0 Å². The number of aliphatic hydroxyl groups excluding tert-OH is 2. The van der Waals surface area contributed by atoms with Gasteiger partial charge in [0, 0.05) is 23.9 Å². The lowest BCUT2D eigenvalue weighted by Crippen LogP contribution is -2.34. The molecule has 0 radical (unpaired) electrons. The van der Waals surface area contributed by atoms with E-state index in [1.807, 2.05) is 0 Å². The number of aliphatic hydroxyl groups is 2. The first kappa shape index (κ1) is 19.1. The van der Waals surface area contributed by atoms with Gasteiger partial charge in [-0.1, -0.05) is 0 Å². The summed E-state index contributed by atoms with van der Waals surface area (Å²) in [6, 6.07) is 1.47. The lowest BCUT2D eigenvalue weighted by Gasteiger charge is -2.22. The second kappa shape index (κ2) is 7.56. The molecule has 1 rings (SSSR count). The molecule has 130 valence electrons. The zero-order valence-corrected chi connectivity index (χ0v) is 13.3. The van der Waals surface area contributed by atoms with E-state index in [-0.39, 0.29) is 24.2 Å². The maximum atomic E-state index is 13.2. The number of hydrogen-bond acceptors (Lipinski definition) is 5. The zero-order chi connectivity index (χ0) is 17.8. The third-order valence-corrected chi connectivity index (χ3v) is 2.92. The fraction of sp³-hybridized carbons (Fsp3) is 0.533. The van der Waals surface area contributed by atoms with Crippen LogP contribution in [-0.4, -0.2) is 34.6 Å². The topological polar surface area (TPSA) is 105 Å². The van der Waals surface area contributed by atoms with E-state index in [0.29, 0.717) is 0 Å². The number of benzene rings is 1. The van der Waals surface area contributed by atoms with Gasteiger partial charge in [-0.15, -0.1) is 0 Å². The molecule has 0 saturated carbocycles. The van der Waals surface area contributed by atoms with E-state index in [4.69, 9.17) is 10.5 Å². The number of anilines is 1. The molecule has 1 aromatic rings. The van der Waals surface area contributed by atoms with Gasteiger partial charge >= 0.3 is 6.09 Å². The van der Waals surface area contributed by atoms with Crippen molar-refractivity contribution in [1.29, 1.82) is 0 Å². The Bertz CT molecular complexity index is 561. The first-order chi connectivity index (χ1) is 10.5. The number of nitrogens with two attached hydrogens (primary N) is 1. The van der Waals surface area contributed by atoms with E-state index < -0.39 is 35.5 Å². The molecule has 5 N–H and O–H groups in total. The molecule has 2 atom stereocenters. The monoisotopic (exact) mass is 332 g/mol. The summed E-state index contributed by atoms with van der Waals surface area (Å²) < 4.78 is 31.2. The number of carbonyl (C=O) groups is 1. The molecular weight excluding hydrogens is 310 g/mol. The number of amides is 1. The van der Waals surface area contributed by atoms with E-state index in [9.17, 15) is 23.8 Å². The summed E-state index contributed by atoms with van der Waals surface area (Å²) in [5, 5.41) is 22.3. The van der Waals surface area contributed by atoms with Crippen molar-refractivity contribution in [1.82, 2.24) is 5.32 Å². The van der Waals surface area contributed by atoms with Gasteiger partial charge in [-0.2, -0.15) is 0 Å². The number of nitrogens with one attached hydrogen (secondary N) is 1. The Labute approximate surface area is 133 Å². The molecule has 0 aromatic heterocycles. The fourth-order valence-electron chi connectivity index (χ4n) is 1.84. The molecule has 23 heavy (non-hydrogen) atoms. The summed E-state index contributed by atoms with van der Waals surface area (Å²) in [4.78, 5) is 11.4. The van der Waals surface area contributed by atoms with Gasteiger partial charge in [-0.05, 0) is 33.3 Å². The molecule has 1 amide bonds. The molecular formula is C15H22F2N2O4. The molecule has 0 fully saturated rings. The van der Waals surface area contributed by atoms with Crippen LogP contribution in [0.1, 0.15) is 38.9 Å². The molecule has 0 aliphatic carbocycles. The van der Waals surface area contributed by atoms with E-state index >= 15 is 0 Å². The van der Waals surface area contributed by atoms with Crippen molar-refractivity contribution in [2.24, 2.45) is 0 Å². The average molecular weight is 332 g/mol. The summed E-state index contributed by atoms with van der Waals surface area (Å²) >= 11 is 0. The standard InChI is InChI=1S/C15H22F2N2O4/c1-15(2,3)23-14(22)19-5-4-12(20)13(21)8-6-9(16)10(17)7-11(8)18/h6-7,12-13,20-21H,4-5,18H2,1-3H3,(H,19,22). The lowest BCUT2D eigenvalue weighted by molar-refractivity contribution is 0.0125. The number of alkyl carbamates (subject to hydrolysis) is 1. The predicted octanol–water partition coefficient (Wildman–Crippen LogP) is 1.86. The van der Waals surface area contributed by atoms with E-state index in [1.165, 1.54) is 0 Å². The highest BCUT2D eigenvalue weighted by molar-refractivity contribution is 5.67. The highest BCUT2D eigenvalue weighted by Crippen LogP contribution is 2.26. The lowest BCUT2D eigenvalue weighted by atomic mass is 10.00. The number of carbonyl (C=O) groups excluding carboxylic acids is 1. The van der Waals surface area contributed by atoms with Crippen molar-refractivity contribution >= 4 is 11.8 Å². The Balaban J connectivity index is 2.57. The summed E-state index contributed by atoms with van der Waals surface area (Å²) in [5.74, 6) is -2.31. The maximum absolute atomic E-state index is 13.2. The van der Waals surface area contributed by atoms with Crippen molar-refractivity contribution in [2.75, 3.05) is 12.3 Å². The van der Waals surface area contributed by atoms with Crippen molar-refractivity contribution in [3.05, 3.63) is 29.3 Å². The van der Waals surface area contributed by atoms with Gasteiger partial charge in [0.15, 0.2) is 11.6 Å². The van der Waals surface area contributed by atoms with Crippen LogP contribution in [0.25, 0.3) is 0 Å². The van der Waals surface area contributed by atoms with Gasteiger partial charge in [-0.25, -0.2) is 13.6 Å². The summed E-state index contributed by atoms with van der Waals surface area (Å²) in [6.07, 6.45) is -3.52. The molecule has 0 aliphatic heterocycles. The second-order valence-corrected chi connectivity index (χ2v) is 6.12. The number of nitrogen functional groups attached to an aromatic ring is 1. The average Bonchev–Trinajstić information content (AvgIpc) is 2.40. The van der Waals surface area contributed by atoms with Crippen LogP contribution in [-0.2, 0) is 4.74 Å². The van der Waals surface area contributed by atoms with Gasteiger partial charge in [0.2, 0.25) is 0 Å². The first-order valence-electron chi connectivity index (χ1n) is 7.08. The minimum Gasteiger partial charge on any atom is -0.444 e. The highest BCUT2D eigenvalue weighted by atomic mass is 19.2. The van der Waals surface area contributed by atoms with Crippen LogP contribution in [0.4, 0.5) is 19.3 Å². The quantitative estimate of drug-likeness (QED) is 0.616. The number of ether oxygens (including phenoxy) is 1. The molecule has 2 unspecified atom stereocenters. The molecule has 0 heterocycles. The number of hydrogen-bond donors (Lipinski definition) is 4. The van der Waals surface area contributed by atoms with Crippen LogP contribution in [0.5, 0.6) is 0 Å². The van der Waals surface area contributed by atoms with Crippen LogP contribution >= 0.6 is 0 Å². The van der Waals surface area contributed by atoms with Crippen molar-refractivity contribution in [3.63, 3.8) is 0 Å². The fourth-order valence-corrected chi connectivity index (χ4v) is 1.84. The minimum absolute atomic E-state index is 0.0245. The van der Waals surface area contributed by atoms with E-state index in [1.54, 1.807) is 20.8 Å². The van der Waals surface area contributed by atoms with Crippen molar-refractivity contribution < 1.29 is 28.5 Å². The molecule has 1 aromatic carbocycles. The van der Waals surface area contributed by atoms with Gasteiger partial charge in [0.05, 0.1) is 6.10 Å². The smallest absolute Gasteiger partial charge is 0.407 e. The number of rotatable bonds is 5. The maximum Gasteiger partial charge on any atom is 0.407 e. The summed E-state index contributed by atoms with van der Waals surface area (Å²) in [5.41, 5.74) is 4.57. The minimum atomic E-state index is -1.51. The Morgan fingerprint density at radius 1 is 1.30 bits per heavy atom. The summed E-state index contributed by atoms with van der Waals surface area (Å²) in [6.45, 7) is 5.14. The van der Waals surface area contributed by atoms with Crippen LogP contribution in [0, 0.1) is 11.6 Å². The van der Waals surface area contributed by atoms with Crippen LogP contribution in [0.2, 0.25) is 0 Å². The van der Waals surface area contributed by atoms with Crippen molar-refractivity contribution in [3.8, 4) is 0 Å². The molecule has 0 spiro atoms. The zero-order valence-electron chi connectivity index (χ0n) is 13.3. The van der Waals surface area contributed by atoms with Gasteiger partial charge < -0.3 is 26.0 Å². The molecule has 0 bridgehead atoms. The third kappa shape index (κ3) is 5.99. The highest BCUT2D eigenvalue weighted by Gasteiger charge is 2.23. The molecule has 6 nitrogen and oxygen atoms in total. The molecule has 0 saturated heterocycles. The van der Waals surface area contributed by atoms with Gasteiger partial charge in [0.1, 0.15) is 11.7 Å². The largest absolute Gasteiger partial charge is 0.444 e. The number of halogens is 2. The summed E-state index contributed by atoms with van der Waals surface area (Å²) in [7, 11) is 0. The molecule has 0 aliphatic rings.